The molecule has 0 radical (unpaired) electrons. The van der Waals surface area contributed by atoms with Crippen molar-refractivity contribution in [3.05, 3.63) is 92.2 Å². The van der Waals surface area contributed by atoms with Gasteiger partial charge in [0.1, 0.15) is 11.6 Å². The number of nitro groups is 1. The molecule has 31 heavy (non-hydrogen) atoms. The van der Waals surface area contributed by atoms with Crippen LogP contribution in [-0.4, -0.2) is 26.7 Å². The third-order valence-corrected chi connectivity index (χ3v) is 5.71. The molecule has 0 bridgehead atoms. The number of thiazole rings is 1. The standard InChI is InChI=1S/C21H14FN3O5S/c1-11-2-3-13(10-15(11)22)18(26)16-17(12-4-6-14(7-5-12)25(29)30)24(20(28)19(16)27)21-23-8-9-31-21/h2-10,17,26H,1H3. The fourth-order valence-corrected chi connectivity index (χ4v) is 4.02. The van der Waals surface area contributed by atoms with E-state index in [4.69, 9.17) is 0 Å². The zero-order chi connectivity index (χ0) is 22.3. The number of nitro benzene ring substituents is 1. The summed E-state index contributed by atoms with van der Waals surface area (Å²) < 4.78 is 14.1. The van der Waals surface area contributed by atoms with Crippen molar-refractivity contribution in [1.82, 2.24) is 4.98 Å². The van der Waals surface area contributed by atoms with Crippen LogP contribution in [0.15, 0.2) is 59.6 Å². The fraction of sp³-hybridized carbons (Fsp3) is 0.0952. The maximum absolute atomic E-state index is 14.1. The molecule has 2 aromatic carbocycles. The molecular weight excluding hydrogens is 425 g/mol. The number of rotatable bonds is 4. The van der Waals surface area contributed by atoms with Crippen LogP contribution in [0.3, 0.4) is 0 Å². The SMILES string of the molecule is Cc1ccc(C(O)=C2C(=O)C(=O)N(c3nccs3)C2c2ccc([N+](=O)[O-])cc2)cc1F. The summed E-state index contributed by atoms with van der Waals surface area (Å²) in [5, 5.41) is 23.7. The summed E-state index contributed by atoms with van der Waals surface area (Å²) in [5.74, 6) is -2.99. The highest BCUT2D eigenvalue weighted by Gasteiger charge is 2.48. The van der Waals surface area contributed by atoms with E-state index in [0.717, 1.165) is 22.3 Å². The van der Waals surface area contributed by atoms with Crippen molar-refractivity contribution in [3.63, 3.8) is 0 Å². The van der Waals surface area contributed by atoms with Gasteiger partial charge in [-0.05, 0) is 36.2 Å². The quantitative estimate of drug-likeness (QED) is 0.215. The normalized spacial score (nSPS) is 17.9. The Morgan fingerprint density at radius 3 is 2.52 bits per heavy atom. The van der Waals surface area contributed by atoms with Crippen LogP contribution in [0, 0.1) is 22.9 Å². The summed E-state index contributed by atoms with van der Waals surface area (Å²) in [6.45, 7) is 1.55. The first-order valence-electron chi connectivity index (χ1n) is 9.01. The molecule has 2 heterocycles. The molecule has 0 saturated carbocycles. The van der Waals surface area contributed by atoms with Crippen molar-refractivity contribution >= 4 is 39.6 Å². The number of aliphatic hydroxyl groups excluding tert-OH is 1. The van der Waals surface area contributed by atoms with Crippen molar-refractivity contribution in [3.8, 4) is 0 Å². The molecule has 0 aliphatic carbocycles. The van der Waals surface area contributed by atoms with Crippen LogP contribution < -0.4 is 4.90 Å². The number of non-ortho nitro benzene ring substituents is 1. The number of carbonyl (C=O) groups excluding carboxylic acids is 2. The third-order valence-electron chi connectivity index (χ3n) is 4.93. The predicted octanol–water partition coefficient (Wildman–Crippen LogP) is 4.13. The summed E-state index contributed by atoms with van der Waals surface area (Å²) in [7, 11) is 0. The number of aliphatic hydroxyl groups is 1. The van der Waals surface area contributed by atoms with Crippen LogP contribution in [0.4, 0.5) is 15.2 Å². The lowest BCUT2D eigenvalue weighted by Crippen LogP contribution is -2.29. The van der Waals surface area contributed by atoms with Crippen LogP contribution in [-0.2, 0) is 9.59 Å². The summed E-state index contributed by atoms with van der Waals surface area (Å²) in [6, 6.07) is 8.16. The predicted molar refractivity (Wildman–Crippen MR) is 111 cm³/mol. The number of carbonyl (C=O) groups is 2. The van der Waals surface area contributed by atoms with Gasteiger partial charge in [0.15, 0.2) is 5.13 Å². The highest BCUT2D eigenvalue weighted by atomic mass is 32.1. The second-order valence-corrected chi connectivity index (χ2v) is 7.67. The molecule has 8 nitrogen and oxygen atoms in total. The Bertz CT molecular complexity index is 1240. The van der Waals surface area contributed by atoms with Crippen molar-refractivity contribution in [2.45, 2.75) is 13.0 Å². The van der Waals surface area contributed by atoms with Gasteiger partial charge in [0, 0.05) is 29.3 Å². The number of nitrogens with zero attached hydrogens (tertiary/aromatic N) is 3. The summed E-state index contributed by atoms with van der Waals surface area (Å²) >= 11 is 1.12. The van der Waals surface area contributed by atoms with Crippen LogP contribution in [0.5, 0.6) is 0 Å². The van der Waals surface area contributed by atoms with E-state index in [1.807, 2.05) is 0 Å². The largest absolute Gasteiger partial charge is 0.507 e. The molecule has 1 saturated heterocycles. The monoisotopic (exact) mass is 439 g/mol. The summed E-state index contributed by atoms with van der Waals surface area (Å²) in [6.07, 6.45) is 1.46. The number of amides is 1. The molecule has 156 valence electrons. The first kappa shape index (κ1) is 20.4. The highest BCUT2D eigenvalue weighted by molar-refractivity contribution is 7.14. The van der Waals surface area contributed by atoms with Gasteiger partial charge in [-0.15, -0.1) is 11.3 Å². The zero-order valence-corrected chi connectivity index (χ0v) is 16.8. The lowest BCUT2D eigenvalue weighted by atomic mass is 9.95. The van der Waals surface area contributed by atoms with Gasteiger partial charge in [-0.25, -0.2) is 9.37 Å². The number of hydrogen-bond donors (Lipinski definition) is 1. The smallest absolute Gasteiger partial charge is 0.301 e. The lowest BCUT2D eigenvalue weighted by Gasteiger charge is -2.22. The van der Waals surface area contributed by atoms with Crippen molar-refractivity contribution in [2.24, 2.45) is 0 Å². The van der Waals surface area contributed by atoms with Crippen molar-refractivity contribution in [1.29, 1.82) is 0 Å². The van der Waals surface area contributed by atoms with Crippen molar-refractivity contribution in [2.75, 3.05) is 4.90 Å². The van der Waals surface area contributed by atoms with Crippen LogP contribution in [0.25, 0.3) is 5.76 Å². The van der Waals surface area contributed by atoms with E-state index in [2.05, 4.69) is 4.98 Å². The summed E-state index contributed by atoms with van der Waals surface area (Å²) in [4.78, 5) is 41.4. The second kappa shape index (κ2) is 7.73. The Labute approximate surface area is 179 Å². The minimum atomic E-state index is -1.09. The molecule has 1 fully saturated rings. The molecule has 3 aromatic rings. The Morgan fingerprint density at radius 1 is 1.23 bits per heavy atom. The van der Waals surface area contributed by atoms with Crippen molar-refractivity contribution < 1.29 is 24.0 Å². The van der Waals surface area contributed by atoms with Gasteiger partial charge in [0.2, 0.25) is 0 Å². The van der Waals surface area contributed by atoms with E-state index in [1.165, 1.54) is 42.6 Å². The molecular formula is C21H14FN3O5S. The van der Waals surface area contributed by atoms with Gasteiger partial charge in [-0.1, -0.05) is 12.1 Å². The van der Waals surface area contributed by atoms with Gasteiger partial charge in [-0.3, -0.25) is 24.6 Å². The Balaban J connectivity index is 1.93. The number of benzene rings is 2. The molecule has 1 aliphatic rings. The molecule has 10 heteroatoms. The van der Waals surface area contributed by atoms with Gasteiger partial charge >= 0.3 is 5.91 Å². The maximum atomic E-state index is 14.1. The van der Waals surface area contributed by atoms with Crippen LogP contribution in [0.2, 0.25) is 0 Å². The minimum absolute atomic E-state index is 0.0344. The lowest BCUT2D eigenvalue weighted by molar-refractivity contribution is -0.384. The fourth-order valence-electron chi connectivity index (χ4n) is 3.35. The molecule has 1 aliphatic heterocycles. The van der Waals surface area contributed by atoms with E-state index in [9.17, 15) is 29.2 Å². The second-order valence-electron chi connectivity index (χ2n) is 6.80. The van der Waals surface area contributed by atoms with E-state index in [1.54, 1.807) is 12.3 Å². The van der Waals surface area contributed by atoms with E-state index >= 15 is 0 Å². The molecule has 1 aromatic heterocycles. The number of aromatic nitrogens is 1. The average molecular weight is 439 g/mol. The van der Waals surface area contributed by atoms with E-state index in [0.29, 0.717) is 11.1 Å². The molecule has 1 atom stereocenters. The number of ketones is 1. The Kier molecular flexibility index (Phi) is 5.07. The number of anilines is 1. The maximum Gasteiger partial charge on any atom is 0.301 e. The Morgan fingerprint density at radius 2 is 1.94 bits per heavy atom. The minimum Gasteiger partial charge on any atom is -0.507 e. The molecule has 4 rings (SSSR count). The number of aryl methyl sites for hydroxylation is 1. The average Bonchev–Trinajstić information content (AvgIpc) is 3.36. The Hall–Kier alpha value is -3.92. The van der Waals surface area contributed by atoms with Gasteiger partial charge in [0.05, 0.1) is 16.5 Å². The van der Waals surface area contributed by atoms with Crippen LogP contribution >= 0.6 is 11.3 Å². The molecule has 1 N–H and O–H groups in total. The van der Waals surface area contributed by atoms with Gasteiger partial charge in [-0.2, -0.15) is 0 Å². The zero-order valence-electron chi connectivity index (χ0n) is 16.0. The van der Waals surface area contributed by atoms with Crippen LogP contribution in [0.1, 0.15) is 22.7 Å². The highest BCUT2D eigenvalue weighted by Crippen LogP contribution is 2.43. The summed E-state index contributed by atoms with van der Waals surface area (Å²) in [5.41, 5.74) is 0.320. The molecule has 1 unspecified atom stereocenters. The first-order chi connectivity index (χ1) is 14.8. The van der Waals surface area contributed by atoms with E-state index in [-0.39, 0.29) is 22.0 Å². The molecule has 0 spiro atoms. The number of halogens is 1. The first-order valence-corrected chi connectivity index (χ1v) is 9.89. The topological polar surface area (TPSA) is 114 Å². The number of hydrogen-bond acceptors (Lipinski definition) is 7. The van der Waals surface area contributed by atoms with Gasteiger partial charge in [0.25, 0.3) is 11.5 Å². The van der Waals surface area contributed by atoms with Gasteiger partial charge < -0.3 is 5.11 Å². The third kappa shape index (κ3) is 3.46. The number of Topliss-reactive ketones (excluding diaryl/α,β-unsaturated/α-hetero) is 1. The van der Waals surface area contributed by atoms with E-state index < -0.39 is 34.2 Å². The molecule has 1 amide bonds.